The Kier molecular flexibility index (Phi) is 11.5. The molecule has 11 heteroatoms. The van der Waals surface area contributed by atoms with E-state index in [9.17, 15) is 24.3 Å². The maximum atomic E-state index is 13.4. The molecule has 0 fully saturated rings. The minimum absolute atomic E-state index is 0.0781. The van der Waals surface area contributed by atoms with Crippen LogP contribution >= 0.6 is 0 Å². The smallest absolute Gasteiger partial charge is 0.325 e. The number of H-pyrrole nitrogens is 1. The summed E-state index contributed by atoms with van der Waals surface area (Å²) in [6.07, 6.45) is 4.13. The lowest BCUT2D eigenvalue weighted by molar-refractivity contribution is -0.141. The molecule has 5 unspecified atom stereocenters. The van der Waals surface area contributed by atoms with Crippen molar-refractivity contribution in [1.29, 1.82) is 0 Å². The zero-order valence-electron chi connectivity index (χ0n) is 21.8. The number of rotatable bonds is 15. The van der Waals surface area contributed by atoms with E-state index in [0.717, 1.165) is 16.5 Å². The Labute approximate surface area is 217 Å². The highest BCUT2D eigenvalue weighted by atomic mass is 16.4. The third-order valence-corrected chi connectivity index (χ3v) is 6.60. The number of fused-ring (bicyclic) bond motifs is 1. The monoisotopic (exact) mass is 516 g/mol. The molecule has 0 saturated heterocycles. The zero-order valence-corrected chi connectivity index (χ0v) is 21.8. The van der Waals surface area contributed by atoms with Crippen LogP contribution in [0.4, 0.5) is 0 Å². The minimum Gasteiger partial charge on any atom is -0.480 e. The van der Waals surface area contributed by atoms with Gasteiger partial charge in [-0.1, -0.05) is 38.5 Å². The number of nitrogens with two attached hydrogens (primary N) is 2. The summed E-state index contributed by atoms with van der Waals surface area (Å²) in [5.74, 6) is -2.91. The summed E-state index contributed by atoms with van der Waals surface area (Å²) in [4.78, 5) is 53.6. The molecular formula is C26H40N6O5. The molecule has 9 N–H and O–H groups in total. The number of hydrogen-bond donors (Lipinski definition) is 7. The molecule has 1 heterocycles. The summed E-state index contributed by atoms with van der Waals surface area (Å²) >= 11 is 0. The maximum absolute atomic E-state index is 13.4. The third kappa shape index (κ3) is 8.57. The topological polar surface area (TPSA) is 192 Å². The van der Waals surface area contributed by atoms with Crippen molar-refractivity contribution in [3.05, 3.63) is 36.0 Å². The van der Waals surface area contributed by atoms with Gasteiger partial charge in [0.1, 0.15) is 18.1 Å². The minimum atomic E-state index is -1.20. The number of amides is 3. The van der Waals surface area contributed by atoms with Crippen molar-refractivity contribution < 1.29 is 24.3 Å². The van der Waals surface area contributed by atoms with Gasteiger partial charge in [0.15, 0.2) is 0 Å². The first kappa shape index (κ1) is 29.8. The summed E-state index contributed by atoms with van der Waals surface area (Å²) in [6, 6.07) is 3.59. The normalized spacial score (nSPS) is 15.3. The van der Waals surface area contributed by atoms with Crippen LogP contribution in [-0.2, 0) is 25.6 Å². The highest BCUT2D eigenvalue weighted by molar-refractivity contribution is 5.94. The first-order chi connectivity index (χ1) is 17.6. The molecule has 0 saturated carbocycles. The van der Waals surface area contributed by atoms with E-state index in [1.54, 1.807) is 6.20 Å². The van der Waals surface area contributed by atoms with Crippen LogP contribution in [0.15, 0.2) is 30.5 Å². The zero-order chi connectivity index (χ0) is 27.5. The van der Waals surface area contributed by atoms with Gasteiger partial charge in [-0.2, -0.15) is 0 Å². The van der Waals surface area contributed by atoms with E-state index >= 15 is 0 Å². The van der Waals surface area contributed by atoms with Crippen LogP contribution in [0.5, 0.6) is 0 Å². The third-order valence-electron chi connectivity index (χ3n) is 6.60. The van der Waals surface area contributed by atoms with Gasteiger partial charge in [-0.25, -0.2) is 0 Å². The number of unbranched alkanes of at least 4 members (excludes halogenated alkanes) is 1. The van der Waals surface area contributed by atoms with E-state index in [2.05, 4.69) is 20.9 Å². The fraction of sp³-hybridized carbons (Fsp3) is 0.538. The average molecular weight is 517 g/mol. The molecule has 0 aliphatic rings. The van der Waals surface area contributed by atoms with Gasteiger partial charge < -0.3 is 37.5 Å². The van der Waals surface area contributed by atoms with Crippen molar-refractivity contribution >= 4 is 34.6 Å². The van der Waals surface area contributed by atoms with Crippen molar-refractivity contribution in [2.24, 2.45) is 17.4 Å². The summed E-state index contributed by atoms with van der Waals surface area (Å²) in [6.45, 7) is 5.57. The van der Waals surface area contributed by atoms with Gasteiger partial charge in [-0.05, 0) is 50.3 Å². The Morgan fingerprint density at radius 2 is 1.62 bits per heavy atom. The summed E-state index contributed by atoms with van der Waals surface area (Å²) in [5, 5.41) is 18.0. The highest BCUT2D eigenvalue weighted by Gasteiger charge is 2.30. The summed E-state index contributed by atoms with van der Waals surface area (Å²) in [7, 11) is 0. The van der Waals surface area contributed by atoms with Crippen molar-refractivity contribution in [2.75, 3.05) is 6.54 Å². The molecule has 5 atom stereocenters. The van der Waals surface area contributed by atoms with Crippen LogP contribution in [0.3, 0.4) is 0 Å². The van der Waals surface area contributed by atoms with Gasteiger partial charge in [-0.15, -0.1) is 0 Å². The number of para-hydroxylation sites is 1. The second kappa shape index (κ2) is 14.3. The Balaban J connectivity index is 2.27. The van der Waals surface area contributed by atoms with Crippen molar-refractivity contribution in [1.82, 2.24) is 20.9 Å². The van der Waals surface area contributed by atoms with Gasteiger partial charge in [0.2, 0.25) is 17.7 Å². The molecule has 37 heavy (non-hydrogen) atoms. The van der Waals surface area contributed by atoms with Gasteiger partial charge in [0, 0.05) is 23.5 Å². The molecule has 2 aromatic rings. The second-order valence-corrected chi connectivity index (χ2v) is 9.45. The van der Waals surface area contributed by atoms with Crippen LogP contribution in [-0.4, -0.2) is 64.5 Å². The predicted molar refractivity (Wildman–Crippen MR) is 141 cm³/mol. The van der Waals surface area contributed by atoms with Crippen LogP contribution in [0.1, 0.15) is 52.0 Å². The summed E-state index contributed by atoms with van der Waals surface area (Å²) in [5.41, 5.74) is 13.3. The van der Waals surface area contributed by atoms with Crippen molar-refractivity contribution in [3.8, 4) is 0 Å². The number of aromatic amines is 1. The lowest BCUT2D eigenvalue weighted by Gasteiger charge is -2.26. The van der Waals surface area contributed by atoms with Crippen LogP contribution in [0.25, 0.3) is 10.9 Å². The molecule has 0 radical (unpaired) electrons. The average Bonchev–Trinajstić information content (AvgIpc) is 3.29. The molecule has 3 amide bonds. The molecule has 11 nitrogen and oxygen atoms in total. The number of aromatic nitrogens is 1. The first-order valence-electron chi connectivity index (χ1n) is 12.7. The van der Waals surface area contributed by atoms with E-state index < -0.39 is 47.9 Å². The molecule has 0 aliphatic heterocycles. The van der Waals surface area contributed by atoms with Gasteiger partial charge in [-0.3, -0.25) is 19.2 Å². The number of carbonyl (C=O) groups is 4. The molecule has 1 aromatic heterocycles. The molecule has 1 aromatic carbocycles. The number of carboxylic acids is 1. The van der Waals surface area contributed by atoms with Crippen molar-refractivity contribution in [2.45, 2.75) is 77.0 Å². The standard InChI is InChI=1S/C26H40N6O5/c1-4-15(2)22(28)25(35)31-20(11-7-8-12-27)23(33)32-21(24(34)30-16(3)26(36)37)13-17-14-29-19-10-6-5-9-18(17)19/h5-6,9-10,14-16,20-22,29H,4,7-8,11-13,27-28H2,1-3H3,(H,30,34)(H,31,35)(H,32,33)(H,36,37). The number of aliphatic carboxylic acids is 1. The second-order valence-electron chi connectivity index (χ2n) is 9.45. The highest BCUT2D eigenvalue weighted by Crippen LogP contribution is 2.19. The predicted octanol–water partition coefficient (Wildman–Crippen LogP) is 0.772. The fourth-order valence-electron chi connectivity index (χ4n) is 3.92. The Hall–Kier alpha value is -3.44. The number of carboxylic acid groups (broad SMARTS) is 1. The van der Waals surface area contributed by atoms with Gasteiger partial charge in [0.25, 0.3) is 0 Å². The lowest BCUT2D eigenvalue weighted by atomic mass is 9.98. The summed E-state index contributed by atoms with van der Waals surface area (Å²) < 4.78 is 0. The van der Waals surface area contributed by atoms with E-state index in [1.807, 2.05) is 38.1 Å². The molecular weight excluding hydrogens is 476 g/mol. The number of hydrogen-bond acceptors (Lipinski definition) is 6. The van der Waals surface area contributed by atoms with E-state index in [-0.39, 0.29) is 12.3 Å². The Morgan fingerprint density at radius 1 is 0.973 bits per heavy atom. The fourth-order valence-corrected chi connectivity index (χ4v) is 3.92. The van der Waals surface area contributed by atoms with Crippen molar-refractivity contribution in [3.63, 3.8) is 0 Å². The largest absolute Gasteiger partial charge is 0.480 e. The molecule has 0 aliphatic carbocycles. The number of benzene rings is 1. The first-order valence-corrected chi connectivity index (χ1v) is 12.7. The molecule has 204 valence electrons. The maximum Gasteiger partial charge on any atom is 0.325 e. The Bertz CT molecular complexity index is 1070. The van der Waals surface area contributed by atoms with Gasteiger partial charge in [0.05, 0.1) is 6.04 Å². The SMILES string of the molecule is CCC(C)C(N)C(=O)NC(CCCCN)C(=O)NC(Cc1c[nH]c2ccccc12)C(=O)NC(C)C(=O)O. The lowest BCUT2D eigenvalue weighted by Crippen LogP contribution is -2.57. The number of nitrogens with one attached hydrogen (secondary N) is 4. The quantitative estimate of drug-likeness (QED) is 0.170. The molecule has 2 rings (SSSR count). The van der Waals surface area contributed by atoms with Crippen LogP contribution in [0, 0.1) is 5.92 Å². The Morgan fingerprint density at radius 3 is 2.27 bits per heavy atom. The van der Waals surface area contributed by atoms with Crippen LogP contribution < -0.4 is 27.4 Å². The number of carbonyl (C=O) groups excluding carboxylic acids is 3. The van der Waals surface area contributed by atoms with Crippen LogP contribution in [0.2, 0.25) is 0 Å². The molecule has 0 spiro atoms. The van der Waals surface area contributed by atoms with E-state index in [0.29, 0.717) is 32.2 Å². The van der Waals surface area contributed by atoms with Gasteiger partial charge >= 0.3 is 5.97 Å². The van der Waals surface area contributed by atoms with E-state index in [4.69, 9.17) is 11.5 Å². The van der Waals surface area contributed by atoms with E-state index in [1.165, 1.54) is 6.92 Å². The molecule has 0 bridgehead atoms.